The van der Waals surface area contributed by atoms with Crippen LogP contribution in [0, 0.1) is 5.82 Å². The van der Waals surface area contributed by atoms with Crippen molar-refractivity contribution in [2.75, 3.05) is 10.7 Å². The summed E-state index contributed by atoms with van der Waals surface area (Å²) >= 11 is 0. The standard InChI is InChI=1S/C18H14FN5O3/c19-9-5-6-10-12(8-15(25)20-14(10)7-9)17(27)23-24-18-21-13-4-2-1-3-11(13)16(26)22-18/h1-7,12H,8H2,(H,20,25)(H,23,27)(H2,21,22,24,26). The average molecular weight is 367 g/mol. The van der Waals surface area contributed by atoms with Crippen molar-refractivity contribution in [1.82, 2.24) is 15.4 Å². The Morgan fingerprint density at radius 3 is 2.85 bits per heavy atom. The fourth-order valence-corrected chi connectivity index (χ4v) is 3.02. The first kappa shape index (κ1) is 16.7. The number of hydrazine groups is 1. The molecule has 4 rings (SSSR count). The number of fused-ring (bicyclic) bond motifs is 2. The van der Waals surface area contributed by atoms with Gasteiger partial charge in [-0.15, -0.1) is 0 Å². The van der Waals surface area contributed by atoms with E-state index in [0.717, 1.165) is 0 Å². The number of carbonyl (C=O) groups excluding carboxylic acids is 2. The van der Waals surface area contributed by atoms with Crippen LogP contribution in [0.4, 0.5) is 16.0 Å². The third-order valence-corrected chi connectivity index (χ3v) is 4.29. The minimum absolute atomic E-state index is 0.0617. The number of halogens is 1. The first-order valence-corrected chi connectivity index (χ1v) is 8.15. The third kappa shape index (κ3) is 3.22. The Balaban J connectivity index is 1.55. The number of hydrogen-bond donors (Lipinski definition) is 4. The van der Waals surface area contributed by atoms with Gasteiger partial charge >= 0.3 is 0 Å². The highest BCUT2D eigenvalue weighted by atomic mass is 19.1. The molecular weight excluding hydrogens is 353 g/mol. The van der Waals surface area contributed by atoms with E-state index in [-0.39, 0.29) is 29.5 Å². The van der Waals surface area contributed by atoms with Crippen LogP contribution in [0.3, 0.4) is 0 Å². The molecule has 2 aromatic carbocycles. The van der Waals surface area contributed by atoms with Gasteiger partial charge in [0.1, 0.15) is 5.82 Å². The predicted molar refractivity (Wildman–Crippen MR) is 96.5 cm³/mol. The summed E-state index contributed by atoms with van der Waals surface area (Å²) in [5.41, 5.74) is 5.89. The van der Waals surface area contributed by atoms with Gasteiger partial charge in [0.2, 0.25) is 17.8 Å². The summed E-state index contributed by atoms with van der Waals surface area (Å²) in [6, 6.07) is 10.6. The van der Waals surface area contributed by atoms with E-state index in [9.17, 15) is 18.8 Å². The minimum atomic E-state index is -0.797. The molecule has 1 aliphatic heterocycles. The summed E-state index contributed by atoms with van der Waals surface area (Å²) in [4.78, 5) is 43.2. The van der Waals surface area contributed by atoms with Gasteiger partial charge in [0.25, 0.3) is 5.56 Å². The first-order chi connectivity index (χ1) is 13.0. The smallest absolute Gasteiger partial charge is 0.260 e. The van der Waals surface area contributed by atoms with Gasteiger partial charge in [-0.25, -0.2) is 9.37 Å². The van der Waals surface area contributed by atoms with Crippen LogP contribution in [-0.4, -0.2) is 21.8 Å². The molecule has 0 fully saturated rings. The molecule has 8 nitrogen and oxygen atoms in total. The number of hydrogen-bond acceptors (Lipinski definition) is 5. The Kier molecular flexibility index (Phi) is 4.03. The van der Waals surface area contributed by atoms with E-state index in [1.165, 1.54) is 18.2 Å². The van der Waals surface area contributed by atoms with Crippen LogP contribution < -0.4 is 21.7 Å². The number of amides is 2. The number of para-hydroxylation sites is 1. The molecule has 0 bridgehead atoms. The van der Waals surface area contributed by atoms with Crippen LogP contribution in [0.1, 0.15) is 17.9 Å². The predicted octanol–water partition coefficient (Wildman–Crippen LogP) is 1.63. The van der Waals surface area contributed by atoms with Gasteiger partial charge in [-0.1, -0.05) is 18.2 Å². The highest BCUT2D eigenvalue weighted by Gasteiger charge is 2.31. The van der Waals surface area contributed by atoms with E-state index >= 15 is 0 Å². The van der Waals surface area contributed by atoms with E-state index in [1.807, 2.05) is 0 Å². The largest absolute Gasteiger partial charge is 0.326 e. The van der Waals surface area contributed by atoms with E-state index in [4.69, 9.17) is 0 Å². The van der Waals surface area contributed by atoms with Gasteiger partial charge in [-0.2, -0.15) is 0 Å². The molecule has 136 valence electrons. The second-order valence-electron chi connectivity index (χ2n) is 6.08. The Labute approximate surface area is 151 Å². The van der Waals surface area contributed by atoms with Crippen LogP contribution in [0.25, 0.3) is 10.9 Å². The zero-order valence-electron chi connectivity index (χ0n) is 13.9. The lowest BCUT2D eigenvalue weighted by Gasteiger charge is -2.24. The summed E-state index contributed by atoms with van der Waals surface area (Å²) in [5, 5.41) is 2.97. The number of aromatic amines is 1. The second kappa shape index (κ2) is 6.52. The highest BCUT2D eigenvalue weighted by molar-refractivity contribution is 6.01. The van der Waals surface area contributed by atoms with Crippen molar-refractivity contribution in [3.05, 3.63) is 64.2 Å². The average Bonchev–Trinajstić information content (AvgIpc) is 2.65. The lowest BCUT2D eigenvalue weighted by molar-refractivity contribution is -0.126. The number of aromatic nitrogens is 2. The lowest BCUT2D eigenvalue weighted by atomic mass is 9.90. The second-order valence-corrected chi connectivity index (χ2v) is 6.08. The molecule has 9 heteroatoms. The van der Waals surface area contributed by atoms with Crippen LogP contribution in [-0.2, 0) is 9.59 Å². The monoisotopic (exact) mass is 367 g/mol. The van der Waals surface area contributed by atoms with Crippen molar-refractivity contribution >= 4 is 34.4 Å². The van der Waals surface area contributed by atoms with E-state index in [0.29, 0.717) is 16.5 Å². The molecule has 3 aromatic rings. The summed E-state index contributed by atoms with van der Waals surface area (Å²) in [5.74, 6) is -2.13. The molecule has 1 atom stereocenters. The normalized spacial score (nSPS) is 15.7. The molecule has 0 aliphatic carbocycles. The number of anilines is 2. The Hall–Kier alpha value is -3.75. The van der Waals surface area contributed by atoms with Gasteiger partial charge in [0, 0.05) is 12.1 Å². The van der Waals surface area contributed by atoms with Gasteiger partial charge < -0.3 is 5.32 Å². The number of rotatable bonds is 3. The van der Waals surface area contributed by atoms with E-state index in [2.05, 4.69) is 26.1 Å². The molecule has 2 heterocycles. The molecule has 0 radical (unpaired) electrons. The quantitative estimate of drug-likeness (QED) is 0.525. The maximum Gasteiger partial charge on any atom is 0.260 e. The van der Waals surface area contributed by atoms with Crippen LogP contribution >= 0.6 is 0 Å². The maximum atomic E-state index is 13.4. The Morgan fingerprint density at radius 2 is 2.00 bits per heavy atom. The summed E-state index contributed by atoms with van der Waals surface area (Å²) < 4.78 is 13.4. The van der Waals surface area contributed by atoms with Crippen LogP contribution in [0.15, 0.2) is 47.3 Å². The fraction of sp³-hybridized carbons (Fsp3) is 0.111. The summed E-state index contributed by atoms with van der Waals surface area (Å²) in [6.45, 7) is 0. The van der Waals surface area contributed by atoms with E-state index < -0.39 is 17.6 Å². The number of nitrogens with zero attached hydrogens (tertiary/aromatic N) is 1. The SMILES string of the molecule is O=C1CC(C(=O)NNc2nc3ccccc3c(=O)[nH]2)c2ccc(F)cc2N1. The lowest BCUT2D eigenvalue weighted by Crippen LogP contribution is -2.38. The molecule has 2 amide bonds. The molecule has 0 saturated heterocycles. The van der Waals surface area contributed by atoms with Gasteiger partial charge in [-0.05, 0) is 29.8 Å². The van der Waals surface area contributed by atoms with Crippen LogP contribution in [0.5, 0.6) is 0 Å². The molecule has 1 aliphatic rings. The third-order valence-electron chi connectivity index (χ3n) is 4.29. The minimum Gasteiger partial charge on any atom is -0.326 e. The van der Waals surface area contributed by atoms with Crippen molar-refractivity contribution in [2.45, 2.75) is 12.3 Å². The summed E-state index contributed by atoms with van der Waals surface area (Å²) in [7, 11) is 0. The Bertz CT molecular complexity index is 1130. The van der Waals surface area contributed by atoms with Crippen molar-refractivity contribution in [2.24, 2.45) is 0 Å². The van der Waals surface area contributed by atoms with Crippen molar-refractivity contribution in [1.29, 1.82) is 0 Å². The number of H-pyrrole nitrogens is 1. The topological polar surface area (TPSA) is 116 Å². The summed E-state index contributed by atoms with van der Waals surface area (Å²) in [6.07, 6.45) is -0.0756. The van der Waals surface area contributed by atoms with Gasteiger partial charge in [-0.3, -0.25) is 30.2 Å². The molecular formula is C18H14FN5O3. The molecule has 1 unspecified atom stereocenters. The fourth-order valence-electron chi connectivity index (χ4n) is 3.02. The highest BCUT2D eigenvalue weighted by Crippen LogP contribution is 2.32. The van der Waals surface area contributed by atoms with Crippen molar-refractivity contribution in [3.63, 3.8) is 0 Å². The molecule has 0 spiro atoms. The first-order valence-electron chi connectivity index (χ1n) is 8.15. The van der Waals surface area contributed by atoms with Gasteiger partial charge in [0.05, 0.1) is 16.8 Å². The molecule has 1 aromatic heterocycles. The number of benzene rings is 2. The zero-order chi connectivity index (χ0) is 19.0. The van der Waals surface area contributed by atoms with Crippen molar-refractivity contribution in [3.8, 4) is 0 Å². The van der Waals surface area contributed by atoms with E-state index in [1.54, 1.807) is 24.3 Å². The van der Waals surface area contributed by atoms with Crippen LogP contribution in [0.2, 0.25) is 0 Å². The molecule has 27 heavy (non-hydrogen) atoms. The Morgan fingerprint density at radius 1 is 1.19 bits per heavy atom. The molecule has 4 N–H and O–H groups in total. The maximum absolute atomic E-state index is 13.4. The molecule has 0 saturated carbocycles. The van der Waals surface area contributed by atoms with Gasteiger partial charge in [0.15, 0.2) is 0 Å². The number of nitrogens with one attached hydrogen (secondary N) is 4. The van der Waals surface area contributed by atoms with Crippen molar-refractivity contribution < 1.29 is 14.0 Å². The number of carbonyl (C=O) groups is 2. The zero-order valence-corrected chi connectivity index (χ0v) is 13.9.